The highest BCUT2D eigenvalue weighted by molar-refractivity contribution is 7.20. The number of aromatic nitrogens is 2. The predicted octanol–water partition coefficient (Wildman–Crippen LogP) is 3.18. The van der Waals surface area contributed by atoms with Gasteiger partial charge < -0.3 is 14.7 Å². The van der Waals surface area contributed by atoms with Gasteiger partial charge in [0, 0.05) is 19.2 Å². The van der Waals surface area contributed by atoms with E-state index in [2.05, 4.69) is 14.9 Å². The lowest BCUT2D eigenvalue weighted by molar-refractivity contribution is 0.0605. The number of anilines is 1. The van der Waals surface area contributed by atoms with E-state index in [9.17, 15) is 9.90 Å². The molecular formula is C16H20ClN3O3S. The fourth-order valence-corrected chi connectivity index (χ4v) is 4.62. The van der Waals surface area contributed by atoms with Crippen LogP contribution in [0.4, 0.5) is 5.82 Å². The van der Waals surface area contributed by atoms with Gasteiger partial charge >= 0.3 is 5.97 Å². The minimum Gasteiger partial charge on any atom is -0.465 e. The Labute approximate surface area is 149 Å². The molecule has 0 radical (unpaired) electrons. The fourth-order valence-electron chi connectivity index (χ4n) is 3.32. The molecule has 3 heterocycles. The van der Waals surface area contributed by atoms with Gasteiger partial charge in [0.25, 0.3) is 0 Å². The summed E-state index contributed by atoms with van der Waals surface area (Å²) in [5.74, 6) is 0.384. The number of carbonyl (C=O) groups is 1. The number of fused-ring (bicyclic) bond motifs is 1. The molecule has 24 heavy (non-hydrogen) atoms. The first-order valence-corrected chi connectivity index (χ1v) is 9.18. The summed E-state index contributed by atoms with van der Waals surface area (Å²) in [6.07, 6.45) is 3.91. The first kappa shape index (κ1) is 17.4. The number of aliphatic hydroxyl groups is 1. The van der Waals surface area contributed by atoms with Gasteiger partial charge in [-0.3, -0.25) is 0 Å². The summed E-state index contributed by atoms with van der Waals surface area (Å²) in [6.45, 7) is 2.88. The maximum atomic E-state index is 12.0. The number of carbonyl (C=O) groups excluding carboxylic acids is 1. The first-order chi connectivity index (χ1) is 11.6. The Kier molecular flexibility index (Phi) is 5.22. The Morgan fingerprint density at radius 1 is 1.46 bits per heavy atom. The van der Waals surface area contributed by atoms with Gasteiger partial charge in [-0.05, 0) is 49.8 Å². The number of esters is 1. The fraction of sp³-hybridized carbons (Fsp3) is 0.562. The van der Waals surface area contributed by atoms with Gasteiger partial charge in [0.05, 0.1) is 12.5 Å². The maximum Gasteiger partial charge on any atom is 0.348 e. The van der Waals surface area contributed by atoms with Crippen LogP contribution in [0.15, 0.2) is 0 Å². The highest BCUT2D eigenvalue weighted by atomic mass is 35.5. The van der Waals surface area contributed by atoms with E-state index < -0.39 is 0 Å². The molecule has 2 aromatic heterocycles. The molecule has 0 amide bonds. The van der Waals surface area contributed by atoms with Gasteiger partial charge in [0.1, 0.15) is 15.5 Å². The van der Waals surface area contributed by atoms with Crippen molar-refractivity contribution in [2.24, 2.45) is 0 Å². The van der Waals surface area contributed by atoms with E-state index in [0.29, 0.717) is 16.1 Å². The second-order valence-electron chi connectivity index (χ2n) is 5.90. The van der Waals surface area contributed by atoms with Gasteiger partial charge in [0.2, 0.25) is 5.28 Å². The number of methoxy groups -OCH3 is 1. The van der Waals surface area contributed by atoms with Gasteiger partial charge in [-0.15, -0.1) is 11.3 Å². The number of thiophene rings is 1. The smallest absolute Gasteiger partial charge is 0.348 e. The molecule has 1 aliphatic heterocycles. The first-order valence-electron chi connectivity index (χ1n) is 7.99. The van der Waals surface area contributed by atoms with Crippen LogP contribution in [0.25, 0.3) is 10.2 Å². The Hall–Kier alpha value is -1.44. The summed E-state index contributed by atoms with van der Waals surface area (Å²) in [4.78, 5) is 24.2. The number of ether oxygens (including phenoxy) is 1. The zero-order valence-electron chi connectivity index (χ0n) is 13.7. The Balaban J connectivity index is 2.15. The van der Waals surface area contributed by atoms with Gasteiger partial charge in [-0.1, -0.05) is 0 Å². The molecule has 1 N–H and O–H groups in total. The molecule has 1 saturated heterocycles. The number of hydrogen-bond acceptors (Lipinski definition) is 7. The SMILES string of the molecule is COC(=O)c1sc2nc(Cl)nc(N3CCCCC3CCO)c2c1C. The van der Waals surface area contributed by atoms with Crippen LogP contribution >= 0.6 is 22.9 Å². The van der Waals surface area contributed by atoms with Crippen LogP contribution in [0.1, 0.15) is 40.9 Å². The van der Waals surface area contributed by atoms with Gasteiger partial charge in [0.15, 0.2) is 0 Å². The molecule has 0 spiro atoms. The van der Waals surface area contributed by atoms with E-state index in [1.165, 1.54) is 18.4 Å². The van der Waals surface area contributed by atoms with Crippen LogP contribution in [0.2, 0.25) is 5.28 Å². The lowest BCUT2D eigenvalue weighted by Crippen LogP contribution is -2.40. The quantitative estimate of drug-likeness (QED) is 0.659. The van der Waals surface area contributed by atoms with E-state index >= 15 is 0 Å². The minimum absolute atomic E-state index is 0.138. The minimum atomic E-state index is -0.372. The highest BCUT2D eigenvalue weighted by Gasteiger charge is 2.28. The summed E-state index contributed by atoms with van der Waals surface area (Å²) >= 11 is 7.41. The normalized spacial score (nSPS) is 18.2. The third kappa shape index (κ3) is 3.08. The van der Waals surface area contributed by atoms with Crippen molar-refractivity contribution in [2.75, 3.05) is 25.2 Å². The standard InChI is InChI=1S/C16H20ClN3O3S/c1-9-11-13(20-7-4-3-5-10(20)6-8-21)18-16(17)19-14(11)24-12(9)15(22)23-2/h10,21H,3-8H2,1-2H3. The van der Waals surface area contributed by atoms with Crippen LogP contribution in [-0.2, 0) is 4.74 Å². The van der Waals surface area contributed by atoms with Crippen molar-refractivity contribution >= 4 is 44.9 Å². The van der Waals surface area contributed by atoms with Crippen molar-refractivity contribution < 1.29 is 14.6 Å². The van der Waals surface area contributed by atoms with Crippen molar-refractivity contribution in [2.45, 2.75) is 38.6 Å². The van der Waals surface area contributed by atoms with Crippen LogP contribution in [0, 0.1) is 6.92 Å². The van der Waals surface area contributed by atoms with Crippen molar-refractivity contribution in [3.63, 3.8) is 0 Å². The van der Waals surface area contributed by atoms with Gasteiger partial charge in [-0.2, -0.15) is 4.98 Å². The molecule has 1 unspecified atom stereocenters. The summed E-state index contributed by atoms with van der Waals surface area (Å²) in [7, 11) is 1.37. The molecule has 0 saturated carbocycles. The molecule has 1 fully saturated rings. The topological polar surface area (TPSA) is 75.5 Å². The van der Waals surface area contributed by atoms with E-state index in [0.717, 1.165) is 42.6 Å². The number of rotatable bonds is 4. The number of piperidine rings is 1. The second kappa shape index (κ2) is 7.21. The summed E-state index contributed by atoms with van der Waals surface area (Å²) < 4.78 is 4.87. The predicted molar refractivity (Wildman–Crippen MR) is 95.2 cm³/mol. The average Bonchev–Trinajstić information content (AvgIpc) is 2.91. The van der Waals surface area contributed by atoms with E-state index in [4.69, 9.17) is 16.3 Å². The van der Waals surface area contributed by atoms with Crippen LogP contribution in [-0.4, -0.2) is 47.3 Å². The van der Waals surface area contributed by atoms with Crippen molar-refractivity contribution in [3.05, 3.63) is 15.7 Å². The van der Waals surface area contributed by atoms with Crippen LogP contribution in [0.3, 0.4) is 0 Å². The summed E-state index contributed by atoms with van der Waals surface area (Å²) in [5.41, 5.74) is 0.821. The summed E-state index contributed by atoms with van der Waals surface area (Å²) in [6, 6.07) is 0.221. The van der Waals surface area contributed by atoms with Crippen LogP contribution < -0.4 is 4.90 Å². The lowest BCUT2D eigenvalue weighted by Gasteiger charge is -2.37. The third-order valence-corrected chi connectivity index (χ3v) is 5.81. The number of nitrogens with zero attached hydrogens (tertiary/aromatic N) is 3. The second-order valence-corrected chi connectivity index (χ2v) is 7.24. The molecule has 6 nitrogen and oxygen atoms in total. The summed E-state index contributed by atoms with van der Waals surface area (Å²) in [5, 5.41) is 10.4. The molecule has 1 aliphatic rings. The molecule has 0 aliphatic carbocycles. The number of aryl methyl sites for hydroxylation is 1. The Bertz CT molecular complexity index is 763. The van der Waals surface area contributed by atoms with Crippen molar-refractivity contribution in [1.82, 2.24) is 9.97 Å². The van der Waals surface area contributed by atoms with Crippen molar-refractivity contribution in [3.8, 4) is 0 Å². The van der Waals surface area contributed by atoms with E-state index in [1.54, 1.807) is 0 Å². The number of aliphatic hydroxyl groups excluding tert-OH is 1. The van der Waals surface area contributed by atoms with E-state index in [-0.39, 0.29) is 23.9 Å². The molecule has 0 bridgehead atoms. The number of hydrogen-bond donors (Lipinski definition) is 1. The van der Waals surface area contributed by atoms with E-state index in [1.807, 2.05) is 6.92 Å². The third-order valence-electron chi connectivity index (χ3n) is 4.48. The maximum absolute atomic E-state index is 12.0. The largest absolute Gasteiger partial charge is 0.465 e. The molecular weight excluding hydrogens is 350 g/mol. The lowest BCUT2D eigenvalue weighted by atomic mass is 9.99. The highest BCUT2D eigenvalue weighted by Crippen LogP contribution is 2.38. The molecule has 8 heteroatoms. The zero-order valence-corrected chi connectivity index (χ0v) is 15.3. The molecule has 1 atom stereocenters. The molecule has 2 aromatic rings. The molecule has 0 aromatic carbocycles. The molecule has 130 valence electrons. The van der Waals surface area contributed by atoms with Crippen LogP contribution in [0.5, 0.6) is 0 Å². The monoisotopic (exact) mass is 369 g/mol. The Morgan fingerprint density at radius 3 is 2.96 bits per heavy atom. The van der Waals surface area contributed by atoms with Crippen molar-refractivity contribution in [1.29, 1.82) is 0 Å². The average molecular weight is 370 g/mol. The zero-order chi connectivity index (χ0) is 17.3. The molecule has 3 rings (SSSR count). The number of halogens is 1. The van der Waals surface area contributed by atoms with Gasteiger partial charge in [-0.25, -0.2) is 9.78 Å². The Morgan fingerprint density at radius 2 is 2.25 bits per heavy atom.